The molecule has 0 heterocycles. The number of thiol groups is 2. The van der Waals surface area contributed by atoms with Crippen LogP contribution in [0, 0.1) is 0 Å². The maximum absolute atomic E-state index is 8.67. The molecule has 1 unspecified atom stereocenters. The summed E-state index contributed by atoms with van der Waals surface area (Å²) in [6.07, 6.45) is 0. The normalized spacial score (nSPS) is 3.71. The number of rotatable bonds is 0. The van der Waals surface area contributed by atoms with Crippen LogP contribution in [0.1, 0.15) is 0 Å². The zero-order chi connectivity index (χ0) is 5.41. The summed E-state index contributed by atoms with van der Waals surface area (Å²) >= 11 is 6.22. The first-order valence-electron chi connectivity index (χ1n) is 0.988. The Bertz CT molecular complexity index is 34.7. The maximum atomic E-state index is 8.67. The van der Waals surface area contributed by atoms with E-state index < -0.39 is 0 Å². The SMILES string of the molecule is O=CS.O=CS.P. The van der Waals surface area contributed by atoms with Crippen LogP contribution in [-0.4, -0.2) is 11.2 Å². The third-order valence-corrected chi connectivity index (χ3v) is 0. The Hall–Kier alpha value is 0.470. The van der Waals surface area contributed by atoms with Crippen molar-refractivity contribution in [3.63, 3.8) is 0 Å². The highest BCUT2D eigenvalue weighted by Gasteiger charge is 1.24. The lowest BCUT2D eigenvalue weighted by molar-refractivity contribution is 0.569. The Morgan fingerprint density at radius 1 is 1.00 bits per heavy atom. The van der Waals surface area contributed by atoms with Gasteiger partial charge in [-0.2, -0.15) is 9.90 Å². The fraction of sp³-hybridized carbons (Fsp3) is 0. The average Bonchev–Trinajstić information content (AvgIpc) is 1.39. The van der Waals surface area contributed by atoms with Gasteiger partial charge >= 0.3 is 0 Å². The lowest BCUT2D eigenvalue weighted by atomic mass is 11.8. The van der Waals surface area contributed by atoms with Gasteiger partial charge < -0.3 is 0 Å². The Morgan fingerprint density at radius 2 is 1.00 bits per heavy atom. The second-order valence-electron chi connectivity index (χ2n) is 0.211. The van der Waals surface area contributed by atoms with Crippen molar-refractivity contribution < 1.29 is 9.59 Å². The van der Waals surface area contributed by atoms with E-state index in [0.29, 0.717) is 11.2 Å². The summed E-state index contributed by atoms with van der Waals surface area (Å²) in [4.78, 5) is 17.3. The van der Waals surface area contributed by atoms with Gasteiger partial charge in [0.1, 0.15) is 0 Å². The first-order chi connectivity index (χ1) is 2.83. The fourth-order valence-electron chi connectivity index (χ4n) is 0. The van der Waals surface area contributed by atoms with E-state index >= 15 is 0 Å². The quantitative estimate of drug-likeness (QED) is 0.301. The van der Waals surface area contributed by atoms with Crippen LogP contribution in [0.5, 0.6) is 0 Å². The van der Waals surface area contributed by atoms with Crippen LogP contribution in [0.2, 0.25) is 0 Å². The van der Waals surface area contributed by atoms with Crippen molar-refractivity contribution in [2.75, 3.05) is 0 Å². The molecule has 5 heteroatoms. The van der Waals surface area contributed by atoms with Gasteiger partial charge in [0.05, 0.1) is 0 Å². The van der Waals surface area contributed by atoms with Crippen molar-refractivity contribution in [3.8, 4) is 0 Å². The minimum Gasteiger partial charge on any atom is -0.291 e. The topological polar surface area (TPSA) is 34.1 Å². The van der Waals surface area contributed by atoms with E-state index in [0.717, 1.165) is 0 Å². The molecule has 0 N–H and O–H groups in total. The summed E-state index contributed by atoms with van der Waals surface area (Å²) < 4.78 is 0. The molecule has 2 nitrogen and oxygen atoms in total. The van der Waals surface area contributed by atoms with E-state index in [-0.39, 0.29) is 9.90 Å². The molecule has 0 saturated heterocycles. The molecule has 1 atom stereocenters. The molecular formula is C2H7O2PS2. The minimum absolute atomic E-state index is 0. The lowest BCUT2D eigenvalue weighted by Crippen LogP contribution is -1.25. The van der Waals surface area contributed by atoms with Crippen molar-refractivity contribution >= 4 is 46.4 Å². The predicted octanol–water partition coefficient (Wildman–Crippen LogP) is 0.271. The van der Waals surface area contributed by atoms with Gasteiger partial charge in [-0.25, -0.2) is 0 Å². The first-order valence-corrected chi connectivity index (χ1v) is 2.02. The maximum Gasteiger partial charge on any atom is 0.173 e. The van der Waals surface area contributed by atoms with E-state index in [4.69, 9.17) is 9.59 Å². The van der Waals surface area contributed by atoms with Crippen molar-refractivity contribution in [3.05, 3.63) is 0 Å². The Kier molecular flexibility index (Phi) is 70.9. The van der Waals surface area contributed by atoms with Gasteiger partial charge in [0.2, 0.25) is 0 Å². The molecule has 0 aromatic carbocycles. The molecule has 0 aliphatic rings. The van der Waals surface area contributed by atoms with E-state index in [1.807, 2.05) is 0 Å². The van der Waals surface area contributed by atoms with Crippen LogP contribution in [0.15, 0.2) is 0 Å². The highest BCUT2D eigenvalue weighted by Crippen LogP contribution is 1.40. The number of carbonyl (C=O) groups excluding carboxylic acids is 2. The van der Waals surface area contributed by atoms with E-state index in [9.17, 15) is 0 Å². The lowest BCUT2D eigenvalue weighted by Gasteiger charge is -1.24. The molecule has 7 heavy (non-hydrogen) atoms. The molecule has 0 aliphatic carbocycles. The predicted molar refractivity (Wildman–Crippen MR) is 42.6 cm³/mol. The Morgan fingerprint density at radius 3 is 1.00 bits per heavy atom. The molecule has 0 amide bonds. The van der Waals surface area contributed by atoms with Gasteiger partial charge in [-0.1, -0.05) is 0 Å². The monoisotopic (exact) mass is 158 g/mol. The van der Waals surface area contributed by atoms with Crippen molar-refractivity contribution in [2.45, 2.75) is 0 Å². The number of hydrogen-bond acceptors (Lipinski definition) is 2. The van der Waals surface area contributed by atoms with Crippen LogP contribution >= 0.6 is 35.2 Å². The fourth-order valence-corrected chi connectivity index (χ4v) is 0. The third kappa shape index (κ3) is 585. The smallest absolute Gasteiger partial charge is 0.173 e. The molecule has 0 aromatic rings. The van der Waals surface area contributed by atoms with Gasteiger partial charge in [-0.05, 0) is 0 Å². The molecule has 0 bridgehead atoms. The summed E-state index contributed by atoms with van der Waals surface area (Å²) in [7, 11) is 0. The van der Waals surface area contributed by atoms with Crippen LogP contribution in [0.25, 0.3) is 0 Å². The average molecular weight is 158 g/mol. The molecule has 0 aromatic heterocycles. The van der Waals surface area contributed by atoms with E-state index in [2.05, 4.69) is 25.3 Å². The van der Waals surface area contributed by atoms with Gasteiger partial charge in [0.15, 0.2) is 11.2 Å². The summed E-state index contributed by atoms with van der Waals surface area (Å²) in [5.74, 6) is 0. The summed E-state index contributed by atoms with van der Waals surface area (Å²) in [5.41, 5.74) is 0.889. The summed E-state index contributed by atoms with van der Waals surface area (Å²) in [5, 5.41) is 0. The molecule has 44 valence electrons. The van der Waals surface area contributed by atoms with Crippen LogP contribution in [0.4, 0.5) is 0 Å². The van der Waals surface area contributed by atoms with Gasteiger partial charge in [0.25, 0.3) is 0 Å². The Labute approximate surface area is 56.5 Å². The minimum atomic E-state index is 0. The summed E-state index contributed by atoms with van der Waals surface area (Å²) in [6.45, 7) is 0. The van der Waals surface area contributed by atoms with Gasteiger partial charge in [-0.3, -0.25) is 9.59 Å². The van der Waals surface area contributed by atoms with Crippen molar-refractivity contribution in [1.29, 1.82) is 0 Å². The molecule has 0 radical (unpaired) electrons. The van der Waals surface area contributed by atoms with Crippen LogP contribution in [0.3, 0.4) is 0 Å². The molecule has 0 rings (SSSR count). The highest BCUT2D eigenvalue weighted by molar-refractivity contribution is 7.94. The molecule has 0 fully saturated rings. The standard InChI is InChI=1S/2CH2OS.H3P/c2*2-1-3;/h2*1H,(H,2,3);1H3. The Balaban J connectivity index is -0.0000000400. The van der Waals surface area contributed by atoms with Crippen molar-refractivity contribution in [1.82, 2.24) is 0 Å². The van der Waals surface area contributed by atoms with Crippen LogP contribution < -0.4 is 0 Å². The largest absolute Gasteiger partial charge is 0.291 e. The first kappa shape index (κ1) is 15.6. The summed E-state index contributed by atoms with van der Waals surface area (Å²) in [6, 6.07) is 0. The molecular weight excluding hydrogens is 151 g/mol. The second kappa shape index (κ2) is 31.7. The molecule has 0 saturated carbocycles. The highest BCUT2D eigenvalue weighted by atomic mass is 32.1. The van der Waals surface area contributed by atoms with Gasteiger partial charge in [0, 0.05) is 0 Å². The third-order valence-electron chi connectivity index (χ3n) is 0. The van der Waals surface area contributed by atoms with E-state index in [1.54, 1.807) is 0 Å². The zero-order valence-corrected chi connectivity index (χ0v) is 6.78. The number of hydrogen-bond donors (Lipinski definition) is 2. The number of carbonyl (C=O) groups is 2. The van der Waals surface area contributed by atoms with Gasteiger partial charge in [-0.15, -0.1) is 25.3 Å². The van der Waals surface area contributed by atoms with E-state index in [1.165, 1.54) is 0 Å². The second-order valence-corrected chi connectivity index (χ2v) is 0.632. The van der Waals surface area contributed by atoms with Crippen LogP contribution in [-0.2, 0) is 9.59 Å². The van der Waals surface area contributed by atoms with Crippen molar-refractivity contribution in [2.24, 2.45) is 0 Å². The molecule has 0 spiro atoms. The molecule has 0 aliphatic heterocycles. The zero-order valence-electron chi connectivity index (χ0n) is 3.57.